The molecule has 6 rings (SSSR count). The molecule has 2 N–H and O–H groups in total. The van der Waals surface area contributed by atoms with Crippen LogP contribution in [0.5, 0.6) is 5.75 Å². The molecule has 1 saturated heterocycles. The third-order valence-electron chi connectivity index (χ3n) is 6.92. The molecule has 8 heteroatoms. The van der Waals surface area contributed by atoms with Crippen LogP contribution < -0.4 is 4.74 Å². The Morgan fingerprint density at radius 1 is 1.18 bits per heavy atom. The van der Waals surface area contributed by atoms with Crippen molar-refractivity contribution in [1.29, 1.82) is 0 Å². The van der Waals surface area contributed by atoms with Crippen molar-refractivity contribution in [2.24, 2.45) is 0 Å². The fraction of sp³-hybridized carbons (Fsp3) is 0.269. The number of likely N-dealkylation sites (tertiary alicyclic amines) is 1. The third kappa shape index (κ3) is 3.52. The van der Waals surface area contributed by atoms with Crippen LogP contribution in [0.3, 0.4) is 0 Å². The molecule has 1 unspecified atom stereocenters. The number of hydrogen-bond donors (Lipinski definition) is 2. The molecule has 1 atom stereocenters. The molecule has 172 valence electrons. The number of rotatable bonds is 3. The number of piperidine rings is 1. The van der Waals surface area contributed by atoms with Gasteiger partial charge < -0.3 is 19.7 Å². The van der Waals surface area contributed by atoms with Crippen molar-refractivity contribution in [3.63, 3.8) is 0 Å². The monoisotopic (exact) mass is 474 g/mol. The largest absolute Gasteiger partial charge is 0.479 e. The minimum absolute atomic E-state index is 0.0620. The topological polar surface area (TPSA) is 91.3 Å². The van der Waals surface area contributed by atoms with Crippen molar-refractivity contribution in [2.75, 3.05) is 13.1 Å². The summed E-state index contributed by atoms with van der Waals surface area (Å²) in [4.78, 5) is 26.8. The molecule has 0 radical (unpaired) electrons. The summed E-state index contributed by atoms with van der Waals surface area (Å²) in [5.41, 5.74) is 3.34. The van der Waals surface area contributed by atoms with Crippen molar-refractivity contribution in [1.82, 2.24) is 19.9 Å². The first-order chi connectivity index (χ1) is 16.5. The maximum absolute atomic E-state index is 13.4. The number of amides is 1. The van der Waals surface area contributed by atoms with E-state index in [0.717, 1.165) is 33.3 Å². The summed E-state index contributed by atoms with van der Waals surface area (Å²) in [6.45, 7) is 0.921. The summed E-state index contributed by atoms with van der Waals surface area (Å²) < 4.78 is 6.27. The zero-order valence-electron chi connectivity index (χ0n) is 18.4. The lowest BCUT2D eigenvalue weighted by molar-refractivity contribution is -0.142. The lowest BCUT2D eigenvalue weighted by atomic mass is 9.85. The number of nitrogens with one attached hydrogen (secondary N) is 1. The highest BCUT2D eigenvalue weighted by molar-refractivity contribution is 6.31. The fourth-order valence-electron chi connectivity index (χ4n) is 5.09. The van der Waals surface area contributed by atoms with E-state index >= 15 is 0 Å². The van der Waals surface area contributed by atoms with E-state index in [1.165, 1.54) is 0 Å². The Bertz CT molecular complexity index is 1380. The quantitative estimate of drug-likeness (QED) is 0.466. The molecule has 34 heavy (non-hydrogen) atoms. The number of nitrogens with zero attached hydrogens (tertiary/aromatic N) is 3. The summed E-state index contributed by atoms with van der Waals surface area (Å²) in [7, 11) is 0. The summed E-state index contributed by atoms with van der Waals surface area (Å²) in [5.74, 6) is 0.633. The number of carbonyl (C=O) groups excluding carboxylic acids is 1. The first-order valence-electron chi connectivity index (χ1n) is 11.3. The molecule has 0 spiro atoms. The van der Waals surface area contributed by atoms with Crippen LogP contribution in [0.2, 0.25) is 5.02 Å². The van der Waals surface area contributed by atoms with E-state index in [1.54, 1.807) is 23.5 Å². The number of pyridine rings is 2. The standard InChI is InChI=1S/C26H23ClN4O3/c27-18-12-16-13-22(25(32)31-10-5-26(33,6-11-31)17-2-1-7-28-15-17)34-23(16)21(14-18)19-3-8-29-24-20(19)4-9-30-24/h1-4,7-9,12,14-15,22,33H,5-6,10-11,13H2,(H,29,30). The molecule has 1 aromatic carbocycles. The van der Waals surface area contributed by atoms with E-state index in [1.807, 2.05) is 42.6 Å². The van der Waals surface area contributed by atoms with Gasteiger partial charge in [-0.1, -0.05) is 17.7 Å². The van der Waals surface area contributed by atoms with Crippen molar-refractivity contribution in [2.45, 2.75) is 31.0 Å². The molecule has 7 nitrogen and oxygen atoms in total. The Kier molecular flexibility index (Phi) is 5.04. The Balaban J connectivity index is 1.23. The molecule has 1 fully saturated rings. The molecule has 1 amide bonds. The van der Waals surface area contributed by atoms with E-state index in [-0.39, 0.29) is 5.91 Å². The van der Waals surface area contributed by atoms with Gasteiger partial charge in [0.2, 0.25) is 0 Å². The van der Waals surface area contributed by atoms with Gasteiger partial charge in [-0.15, -0.1) is 0 Å². The fourth-order valence-corrected chi connectivity index (χ4v) is 5.33. The highest BCUT2D eigenvalue weighted by Gasteiger charge is 2.40. The highest BCUT2D eigenvalue weighted by Crippen LogP contribution is 2.43. The summed E-state index contributed by atoms with van der Waals surface area (Å²) in [6.07, 6.45) is 7.76. The maximum atomic E-state index is 13.4. The van der Waals surface area contributed by atoms with Gasteiger partial charge in [0.1, 0.15) is 11.4 Å². The molecule has 2 aliphatic rings. The van der Waals surface area contributed by atoms with E-state index in [9.17, 15) is 9.90 Å². The van der Waals surface area contributed by atoms with E-state index < -0.39 is 11.7 Å². The van der Waals surface area contributed by atoms with Crippen LogP contribution in [0.25, 0.3) is 22.2 Å². The number of carbonyl (C=O) groups is 1. The zero-order valence-corrected chi connectivity index (χ0v) is 19.1. The number of fused-ring (bicyclic) bond motifs is 2. The number of hydrogen-bond acceptors (Lipinski definition) is 5. The van der Waals surface area contributed by atoms with Crippen molar-refractivity contribution in [3.8, 4) is 16.9 Å². The van der Waals surface area contributed by atoms with Gasteiger partial charge in [0.05, 0.1) is 5.60 Å². The average Bonchev–Trinajstić information content (AvgIpc) is 3.51. The number of aromatic amines is 1. The number of aliphatic hydroxyl groups is 1. The first-order valence-corrected chi connectivity index (χ1v) is 11.7. The van der Waals surface area contributed by atoms with Gasteiger partial charge in [0, 0.05) is 71.4 Å². The van der Waals surface area contributed by atoms with Crippen LogP contribution in [-0.2, 0) is 16.8 Å². The first kappa shape index (κ1) is 21.1. The van der Waals surface area contributed by atoms with E-state index in [0.29, 0.717) is 43.1 Å². The van der Waals surface area contributed by atoms with Gasteiger partial charge in [-0.05, 0) is 48.7 Å². The molecule has 0 aliphatic carbocycles. The second-order valence-corrected chi connectivity index (χ2v) is 9.39. The second kappa shape index (κ2) is 8.11. The molecule has 5 heterocycles. The van der Waals surface area contributed by atoms with Gasteiger partial charge in [-0.2, -0.15) is 0 Å². The Labute approximate surface area is 201 Å². The normalized spacial score (nSPS) is 19.1. The Morgan fingerprint density at radius 2 is 2.03 bits per heavy atom. The summed E-state index contributed by atoms with van der Waals surface area (Å²) in [6, 6.07) is 11.4. The van der Waals surface area contributed by atoms with Crippen LogP contribution in [0, 0.1) is 0 Å². The van der Waals surface area contributed by atoms with Crippen molar-refractivity contribution in [3.05, 3.63) is 77.3 Å². The summed E-state index contributed by atoms with van der Waals surface area (Å²) >= 11 is 6.46. The predicted octanol–water partition coefficient (Wildman–Crippen LogP) is 4.09. The smallest absolute Gasteiger partial charge is 0.263 e. The molecule has 3 aromatic heterocycles. The minimum atomic E-state index is -0.964. The molecular formula is C26H23ClN4O3. The van der Waals surface area contributed by atoms with Crippen LogP contribution in [-0.4, -0.2) is 50.1 Å². The number of ether oxygens (including phenoxy) is 1. The summed E-state index contributed by atoms with van der Waals surface area (Å²) in [5, 5.41) is 12.7. The lowest BCUT2D eigenvalue weighted by Gasteiger charge is -2.39. The van der Waals surface area contributed by atoms with Crippen molar-refractivity contribution < 1.29 is 14.6 Å². The minimum Gasteiger partial charge on any atom is -0.479 e. The van der Waals surface area contributed by atoms with Gasteiger partial charge in [-0.25, -0.2) is 4.98 Å². The Hall–Kier alpha value is -3.42. The molecular weight excluding hydrogens is 452 g/mol. The van der Waals surface area contributed by atoms with E-state index in [4.69, 9.17) is 16.3 Å². The van der Waals surface area contributed by atoms with Gasteiger partial charge in [0.15, 0.2) is 6.10 Å². The molecule has 4 aromatic rings. The molecule has 2 aliphatic heterocycles. The van der Waals surface area contributed by atoms with E-state index in [2.05, 4.69) is 15.0 Å². The van der Waals surface area contributed by atoms with Crippen LogP contribution >= 0.6 is 11.6 Å². The zero-order chi connectivity index (χ0) is 23.3. The number of benzene rings is 1. The maximum Gasteiger partial charge on any atom is 0.263 e. The molecule has 0 saturated carbocycles. The lowest BCUT2D eigenvalue weighted by Crippen LogP contribution is -2.49. The predicted molar refractivity (Wildman–Crippen MR) is 129 cm³/mol. The van der Waals surface area contributed by atoms with Crippen molar-refractivity contribution >= 4 is 28.5 Å². The van der Waals surface area contributed by atoms with Gasteiger partial charge in [0.25, 0.3) is 5.91 Å². The number of H-pyrrole nitrogens is 1. The SMILES string of the molecule is O=C(C1Cc2cc(Cl)cc(-c3ccnc4[nH]ccc34)c2O1)N1CCC(O)(c2cccnc2)CC1. The Morgan fingerprint density at radius 3 is 2.82 bits per heavy atom. The molecule has 0 bridgehead atoms. The highest BCUT2D eigenvalue weighted by atomic mass is 35.5. The van der Waals surface area contributed by atoms with Crippen LogP contribution in [0.4, 0.5) is 0 Å². The number of halogens is 1. The van der Waals surface area contributed by atoms with Gasteiger partial charge in [-0.3, -0.25) is 9.78 Å². The third-order valence-corrected chi connectivity index (χ3v) is 7.14. The van der Waals surface area contributed by atoms with Gasteiger partial charge >= 0.3 is 0 Å². The van der Waals surface area contributed by atoms with Crippen LogP contribution in [0.1, 0.15) is 24.0 Å². The number of aromatic nitrogens is 3. The average molecular weight is 475 g/mol. The van der Waals surface area contributed by atoms with Crippen LogP contribution in [0.15, 0.2) is 61.2 Å². The second-order valence-electron chi connectivity index (χ2n) is 8.95.